The molecule has 0 bridgehead atoms. The molecular formula is C20H18N2O6S. The van der Waals surface area contributed by atoms with Crippen LogP contribution >= 0.6 is 0 Å². The van der Waals surface area contributed by atoms with Gasteiger partial charge in [0.1, 0.15) is 29.9 Å². The number of sulfone groups is 1. The smallest absolute Gasteiger partial charge is 0.269 e. The molecule has 29 heavy (non-hydrogen) atoms. The maximum atomic E-state index is 13.3. The lowest BCUT2D eigenvalue weighted by atomic mass is 10.3. The summed E-state index contributed by atoms with van der Waals surface area (Å²) in [4.78, 5) is 16.4. The average Bonchev–Trinajstić information content (AvgIpc) is 3.28. The molecule has 4 rings (SSSR count). The third-order valence-corrected chi connectivity index (χ3v) is 6.48. The van der Waals surface area contributed by atoms with E-state index in [0.29, 0.717) is 24.7 Å². The van der Waals surface area contributed by atoms with E-state index in [1.165, 1.54) is 24.6 Å². The van der Waals surface area contributed by atoms with Gasteiger partial charge in [-0.1, -0.05) is 6.07 Å². The topological polar surface area (TPSA) is 108 Å². The van der Waals surface area contributed by atoms with Crippen LogP contribution in [0.5, 0.6) is 11.5 Å². The molecule has 1 atom stereocenters. The maximum Gasteiger partial charge on any atom is 0.269 e. The molecular weight excluding hydrogens is 396 g/mol. The van der Waals surface area contributed by atoms with Gasteiger partial charge in [0.2, 0.25) is 0 Å². The molecule has 0 spiro atoms. The molecule has 0 radical (unpaired) electrons. The Hall–Kier alpha value is -3.33. The summed E-state index contributed by atoms with van der Waals surface area (Å²) in [6, 6.07) is 12.5. The van der Waals surface area contributed by atoms with E-state index >= 15 is 0 Å². The van der Waals surface area contributed by atoms with E-state index in [1.54, 1.807) is 36.4 Å². The summed E-state index contributed by atoms with van der Waals surface area (Å²) in [6.07, 6.45) is 2.88. The monoisotopic (exact) mass is 414 g/mol. The maximum absolute atomic E-state index is 13.3. The highest BCUT2D eigenvalue weighted by atomic mass is 32.2. The number of carbonyl (C=O) groups is 1. The molecule has 2 aromatic heterocycles. The van der Waals surface area contributed by atoms with E-state index in [2.05, 4.69) is 10.3 Å². The molecule has 1 amide bonds. The number of furan rings is 1. The lowest BCUT2D eigenvalue weighted by Crippen LogP contribution is -2.32. The third-order valence-electron chi connectivity index (χ3n) is 4.42. The van der Waals surface area contributed by atoms with E-state index in [9.17, 15) is 13.2 Å². The number of hydrogen-bond acceptors (Lipinski definition) is 7. The van der Waals surface area contributed by atoms with E-state index in [1.807, 2.05) is 0 Å². The third kappa shape index (κ3) is 3.95. The summed E-state index contributed by atoms with van der Waals surface area (Å²) in [5.41, 5.74) is 0.197. The molecule has 1 N–H and O–H groups in total. The van der Waals surface area contributed by atoms with Crippen LogP contribution in [0.4, 0.5) is 0 Å². The van der Waals surface area contributed by atoms with Crippen molar-refractivity contribution in [1.29, 1.82) is 0 Å². The number of hydrogen-bond donors (Lipinski definition) is 1. The number of amides is 1. The van der Waals surface area contributed by atoms with Crippen molar-refractivity contribution in [3.8, 4) is 11.5 Å². The lowest BCUT2D eigenvalue weighted by Gasteiger charge is -2.21. The molecule has 150 valence electrons. The van der Waals surface area contributed by atoms with Crippen LogP contribution in [-0.4, -0.2) is 39.1 Å². The number of benzene rings is 1. The molecule has 1 aromatic carbocycles. The van der Waals surface area contributed by atoms with Crippen molar-refractivity contribution >= 4 is 15.7 Å². The first-order chi connectivity index (χ1) is 14.1. The number of rotatable bonds is 6. The van der Waals surface area contributed by atoms with Gasteiger partial charge in [0.25, 0.3) is 5.91 Å². The van der Waals surface area contributed by atoms with Gasteiger partial charge in [0, 0.05) is 18.8 Å². The Morgan fingerprint density at radius 3 is 2.62 bits per heavy atom. The Labute approximate surface area is 167 Å². The van der Waals surface area contributed by atoms with Crippen molar-refractivity contribution in [1.82, 2.24) is 10.3 Å². The number of nitrogens with zero attached hydrogens (tertiary/aromatic N) is 1. The first-order valence-corrected chi connectivity index (χ1v) is 10.5. The summed E-state index contributed by atoms with van der Waals surface area (Å²) in [6.45, 7) is 0.575. The van der Waals surface area contributed by atoms with Gasteiger partial charge in [0.05, 0.1) is 11.2 Å². The Balaban J connectivity index is 1.62. The van der Waals surface area contributed by atoms with Gasteiger partial charge in [-0.05, 0) is 36.4 Å². The van der Waals surface area contributed by atoms with Crippen molar-refractivity contribution in [2.75, 3.05) is 19.8 Å². The van der Waals surface area contributed by atoms with Crippen LogP contribution in [0, 0.1) is 0 Å². The van der Waals surface area contributed by atoms with Gasteiger partial charge in [-0.25, -0.2) is 8.42 Å². The molecule has 1 aliphatic heterocycles. The van der Waals surface area contributed by atoms with Gasteiger partial charge in [-0.3, -0.25) is 9.78 Å². The Morgan fingerprint density at radius 1 is 1.07 bits per heavy atom. The van der Waals surface area contributed by atoms with Crippen molar-refractivity contribution in [2.24, 2.45) is 0 Å². The van der Waals surface area contributed by atoms with Crippen LogP contribution in [0.3, 0.4) is 0 Å². The molecule has 9 heteroatoms. The first kappa shape index (κ1) is 19.0. The summed E-state index contributed by atoms with van der Waals surface area (Å²) in [7, 11) is -3.90. The van der Waals surface area contributed by atoms with Crippen LogP contribution in [0.1, 0.15) is 21.5 Å². The van der Waals surface area contributed by atoms with Crippen LogP contribution in [0.25, 0.3) is 0 Å². The molecule has 8 nitrogen and oxygen atoms in total. The minimum Gasteiger partial charge on any atom is -0.486 e. The van der Waals surface area contributed by atoms with Gasteiger partial charge < -0.3 is 19.2 Å². The van der Waals surface area contributed by atoms with Crippen molar-refractivity contribution < 1.29 is 27.1 Å². The number of carbonyl (C=O) groups excluding carboxylic acids is 1. The highest BCUT2D eigenvalue weighted by Crippen LogP contribution is 2.36. The molecule has 0 unspecified atom stereocenters. The van der Waals surface area contributed by atoms with Gasteiger partial charge in [-0.2, -0.15) is 0 Å². The van der Waals surface area contributed by atoms with Gasteiger partial charge in [-0.15, -0.1) is 0 Å². The minimum absolute atomic E-state index is 0.0511. The molecule has 0 fully saturated rings. The van der Waals surface area contributed by atoms with E-state index in [4.69, 9.17) is 13.9 Å². The predicted octanol–water partition coefficient (Wildman–Crippen LogP) is 2.39. The standard InChI is InChI=1S/C20H18N2O6S/c23-20(15-4-1-2-8-21-15)22-13-19(17-5-3-9-26-17)29(24,25)14-6-7-16-18(12-14)28-11-10-27-16/h1-9,12,19H,10-11,13H2,(H,22,23)/t19-/m1/s1. The highest BCUT2D eigenvalue weighted by Gasteiger charge is 2.33. The second kappa shape index (κ2) is 7.96. The fourth-order valence-corrected chi connectivity index (χ4v) is 4.58. The fraction of sp³-hybridized carbons (Fsp3) is 0.200. The second-order valence-corrected chi connectivity index (χ2v) is 8.41. The van der Waals surface area contributed by atoms with E-state index < -0.39 is 21.0 Å². The van der Waals surface area contributed by atoms with E-state index in [-0.39, 0.29) is 22.9 Å². The highest BCUT2D eigenvalue weighted by molar-refractivity contribution is 7.91. The summed E-state index contributed by atoms with van der Waals surface area (Å²) in [5, 5.41) is 1.51. The first-order valence-electron chi connectivity index (χ1n) is 8.92. The summed E-state index contributed by atoms with van der Waals surface area (Å²) >= 11 is 0. The zero-order valence-corrected chi connectivity index (χ0v) is 16.1. The Kier molecular flexibility index (Phi) is 5.22. The molecule has 0 saturated carbocycles. The molecule has 0 saturated heterocycles. The lowest BCUT2D eigenvalue weighted by molar-refractivity contribution is 0.0948. The zero-order valence-electron chi connectivity index (χ0n) is 15.3. The van der Waals surface area contributed by atoms with Gasteiger partial charge in [0.15, 0.2) is 21.3 Å². The Bertz CT molecular complexity index is 1100. The second-order valence-electron chi connectivity index (χ2n) is 6.28. The molecule has 0 aliphatic carbocycles. The van der Waals surface area contributed by atoms with Crippen molar-refractivity contribution in [3.63, 3.8) is 0 Å². The summed E-state index contributed by atoms with van der Waals surface area (Å²) < 4.78 is 43.0. The quantitative estimate of drug-likeness (QED) is 0.660. The number of fused-ring (bicyclic) bond motifs is 1. The summed E-state index contributed by atoms with van der Waals surface area (Å²) in [5.74, 6) is 0.613. The fourth-order valence-electron chi connectivity index (χ4n) is 2.98. The largest absolute Gasteiger partial charge is 0.486 e. The molecule has 3 aromatic rings. The number of nitrogens with one attached hydrogen (secondary N) is 1. The number of ether oxygens (including phenoxy) is 2. The number of pyridine rings is 1. The van der Waals surface area contributed by atoms with Crippen LogP contribution < -0.4 is 14.8 Å². The predicted molar refractivity (Wildman–Crippen MR) is 103 cm³/mol. The number of aromatic nitrogens is 1. The van der Waals surface area contributed by atoms with Crippen molar-refractivity contribution in [3.05, 3.63) is 72.4 Å². The van der Waals surface area contributed by atoms with Crippen LogP contribution in [0.15, 0.2) is 70.3 Å². The average molecular weight is 414 g/mol. The minimum atomic E-state index is -3.90. The molecule has 3 heterocycles. The normalized spacial score (nSPS) is 14.2. The van der Waals surface area contributed by atoms with Crippen LogP contribution in [0.2, 0.25) is 0 Å². The Morgan fingerprint density at radius 2 is 1.90 bits per heavy atom. The van der Waals surface area contributed by atoms with Crippen LogP contribution in [-0.2, 0) is 9.84 Å². The van der Waals surface area contributed by atoms with Crippen molar-refractivity contribution in [2.45, 2.75) is 10.1 Å². The zero-order chi connectivity index (χ0) is 20.3. The SMILES string of the molecule is O=C(NC[C@H](c1ccco1)S(=O)(=O)c1ccc2c(c1)OCCO2)c1ccccn1. The van der Waals surface area contributed by atoms with E-state index in [0.717, 1.165) is 0 Å². The molecule has 1 aliphatic rings. The van der Waals surface area contributed by atoms with Gasteiger partial charge >= 0.3 is 0 Å².